The first-order valence-electron chi connectivity index (χ1n) is 6.36. The molecule has 0 aromatic heterocycles. The molecule has 2 rings (SSSR count). The van der Waals surface area contributed by atoms with Gasteiger partial charge in [0.2, 0.25) is 0 Å². The van der Waals surface area contributed by atoms with Gasteiger partial charge in [-0.25, -0.2) is 4.39 Å². The molecule has 0 saturated carbocycles. The summed E-state index contributed by atoms with van der Waals surface area (Å²) in [7, 11) is 3.19. The third kappa shape index (κ3) is 2.91. The lowest BCUT2D eigenvalue weighted by Crippen LogP contribution is -2.40. The topological polar surface area (TPSA) is 59.0 Å². The van der Waals surface area contributed by atoms with Gasteiger partial charge in [-0.3, -0.25) is 9.69 Å². The highest BCUT2D eigenvalue weighted by molar-refractivity contribution is 5.71. The Hall–Kier alpha value is -1.66. The van der Waals surface area contributed by atoms with E-state index in [1.807, 2.05) is 4.90 Å². The monoisotopic (exact) mass is 283 g/mol. The van der Waals surface area contributed by atoms with E-state index >= 15 is 0 Å². The predicted octanol–water partition coefficient (Wildman–Crippen LogP) is 1.37. The lowest BCUT2D eigenvalue weighted by atomic mass is 10.0. The van der Waals surface area contributed by atoms with Gasteiger partial charge < -0.3 is 14.6 Å². The Balaban J connectivity index is 2.11. The molecule has 6 heteroatoms. The van der Waals surface area contributed by atoms with Gasteiger partial charge >= 0.3 is 5.97 Å². The summed E-state index contributed by atoms with van der Waals surface area (Å²) < 4.78 is 24.2. The number of hydrogen-bond donors (Lipinski definition) is 1. The molecule has 110 valence electrons. The van der Waals surface area contributed by atoms with Crippen molar-refractivity contribution in [2.24, 2.45) is 5.92 Å². The van der Waals surface area contributed by atoms with Crippen molar-refractivity contribution in [2.75, 3.05) is 27.4 Å². The van der Waals surface area contributed by atoms with Crippen LogP contribution < -0.4 is 4.74 Å². The second-order valence-corrected chi connectivity index (χ2v) is 4.90. The Bertz CT molecular complexity index is 494. The number of hydrogen-bond acceptors (Lipinski definition) is 4. The van der Waals surface area contributed by atoms with Gasteiger partial charge in [0.1, 0.15) is 0 Å². The van der Waals surface area contributed by atoms with E-state index in [4.69, 9.17) is 14.6 Å². The maximum absolute atomic E-state index is 14.1. The normalized spacial score (nSPS) is 22.2. The lowest BCUT2D eigenvalue weighted by Gasteiger charge is -2.26. The molecule has 1 aliphatic rings. The summed E-state index contributed by atoms with van der Waals surface area (Å²) in [6, 6.07) is 4.68. The Morgan fingerprint density at radius 1 is 1.55 bits per heavy atom. The van der Waals surface area contributed by atoms with Crippen molar-refractivity contribution < 1.29 is 23.8 Å². The fraction of sp³-hybridized carbons (Fsp3) is 0.500. The first kappa shape index (κ1) is 14.7. The van der Waals surface area contributed by atoms with E-state index in [1.165, 1.54) is 7.11 Å². The largest absolute Gasteiger partial charge is 0.494 e. The lowest BCUT2D eigenvalue weighted by molar-refractivity contribution is -0.143. The number of aliphatic carboxylic acids is 1. The first-order valence-corrected chi connectivity index (χ1v) is 6.36. The maximum atomic E-state index is 14.1. The van der Waals surface area contributed by atoms with E-state index in [2.05, 4.69) is 0 Å². The second-order valence-electron chi connectivity index (χ2n) is 4.90. The molecule has 0 radical (unpaired) electrons. The summed E-state index contributed by atoms with van der Waals surface area (Å²) in [5.74, 6) is -1.68. The molecule has 20 heavy (non-hydrogen) atoms. The second kappa shape index (κ2) is 6.19. The highest BCUT2D eigenvalue weighted by Crippen LogP contribution is 2.24. The molecule has 0 spiro atoms. The summed E-state index contributed by atoms with van der Waals surface area (Å²) >= 11 is 0. The van der Waals surface area contributed by atoms with Crippen LogP contribution in [0.2, 0.25) is 0 Å². The molecule has 2 atom stereocenters. The molecule has 1 aromatic rings. The molecular weight excluding hydrogens is 265 g/mol. The van der Waals surface area contributed by atoms with Crippen molar-refractivity contribution in [3.05, 3.63) is 29.6 Å². The summed E-state index contributed by atoms with van der Waals surface area (Å²) in [6.07, 6.45) is 0. The number of nitrogens with zero attached hydrogens (tertiary/aromatic N) is 1. The Kier molecular flexibility index (Phi) is 4.57. The van der Waals surface area contributed by atoms with Gasteiger partial charge in [0.25, 0.3) is 0 Å². The smallest absolute Gasteiger partial charge is 0.310 e. The zero-order valence-corrected chi connectivity index (χ0v) is 11.5. The summed E-state index contributed by atoms with van der Waals surface area (Å²) in [5.41, 5.74) is 0.475. The summed E-state index contributed by atoms with van der Waals surface area (Å²) in [5, 5.41) is 9.13. The molecule has 0 aliphatic carbocycles. The third-order valence-corrected chi connectivity index (χ3v) is 3.62. The molecule has 1 aliphatic heterocycles. The van der Waals surface area contributed by atoms with Crippen molar-refractivity contribution >= 4 is 5.97 Å². The Labute approximate surface area is 116 Å². The maximum Gasteiger partial charge on any atom is 0.310 e. The van der Waals surface area contributed by atoms with Gasteiger partial charge in [0.05, 0.1) is 26.2 Å². The summed E-state index contributed by atoms with van der Waals surface area (Å²) in [6.45, 7) is 0.852. The highest BCUT2D eigenvalue weighted by Gasteiger charge is 2.36. The average Bonchev–Trinajstić information content (AvgIpc) is 2.90. The Morgan fingerprint density at radius 2 is 2.30 bits per heavy atom. The standard InChI is InChI=1S/C14H18FNO4/c1-16(11-8-20-7-10(11)14(17)18)6-9-4-3-5-12(19-2)13(9)15/h3-5,10-11H,6-8H2,1-2H3,(H,17,18). The van der Waals surface area contributed by atoms with Gasteiger partial charge in [-0.15, -0.1) is 0 Å². The van der Waals surface area contributed by atoms with Gasteiger partial charge in [-0.05, 0) is 13.1 Å². The third-order valence-electron chi connectivity index (χ3n) is 3.62. The van der Waals surface area contributed by atoms with Crippen molar-refractivity contribution in [1.82, 2.24) is 4.90 Å². The molecule has 1 N–H and O–H groups in total. The molecule has 1 saturated heterocycles. The van der Waals surface area contributed by atoms with E-state index in [0.29, 0.717) is 18.7 Å². The number of halogens is 1. The molecule has 1 fully saturated rings. The number of methoxy groups -OCH3 is 1. The van der Waals surface area contributed by atoms with Crippen LogP contribution in [0, 0.1) is 11.7 Å². The quantitative estimate of drug-likeness (QED) is 0.884. The van der Waals surface area contributed by atoms with Crippen LogP contribution >= 0.6 is 0 Å². The number of likely N-dealkylation sites (N-methyl/N-ethyl adjacent to an activating group) is 1. The van der Waals surface area contributed by atoms with Crippen LogP contribution in [0.3, 0.4) is 0 Å². The Morgan fingerprint density at radius 3 is 2.95 bits per heavy atom. The SMILES string of the molecule is COc1cccc(CN(C)C2COCC2C(=O)O)c1F. The van der Waals surface area contributed by atoms with Crippen molar-refractivity contribution in [1.29, 1.82) is 0 Å². The van der Waals surface area contributed by atoms with Gasteiger partial charge in [0.15, 0.2) is 11.6 Å². The minimum atomic E-state index is -0.884. The van der Waals surface area contributed by atoms with Crippen LogP contribution in [-0.2, 0) is 16.1 Å². The van der Waals surface area contributed by atoms with E-state index < -0.39 is 17.7 Å². The van der Waals surface area contributed by atoms with Crippen LogP contribution in [0.25, 0.3) is 0 Å². The minimum Gasteiger partial charge on any atom is -0.494 e. The summed E-state index contributed by atoms with van der Waals surface area (Å²) in [4.78, 5) is 12.9. The van der Waals surface area contributed by atoms with Crippen LogP contribution in [0.4, 0.5) is 4.39 Å². The van der Waals surface area contributed by atoms with Crippen LogP contribution in [-0.4, -0.2) is 49.4 Å². The highest BCUT2D eigenvalue weighted by atomic mass is 19.1. The van der Waals surface area contributed by atoms with E-state index in [0.717, 1.165) is 0 Å². The fourth-order valence-electron chi connectivity index (χ4n) is 2.44. The predicted molar refractivity (Wildman–Crippen MR) is 70.2 cm³/mol. The zero-order chi connectivity index (χ0) is 14.7. The molecule has 5 nitrogen and oxygen atoms in total. The van der Waals surface area contributed by atoms with Crippen LogP contribution in [0.1, 0.15) is 5.56 Å². The molecule has 1 heterocycles. The zero-order valence-electron chi connectivity index (χ0n) is 11.5. The molecule has 0 bridgehead atoms. The molecule has 0 amide bonds. The number of rotatable bonds is 5. The van der Waals surface area contributed by atoms with Crippen LogP contribution in [0.5, 0.6) is 5.75 Å². The molecule has 1 aromatic carbocycles. The van der Waals surface area contributed by atoms with Crippen molar-refractivity contribution in [3.63, 3.8) is 0 Å². The van der Waals surface area contributed by atoms with Crippen molar-refractivity contribution in [2.45, 2.75) is 12.6 Å². The van der Waals surface area contributed by atoms with E-state index in [9.17, 15) is 9.18 Å². The average molecular weight is 283 g/mol. The van der Waals surface area contributed by atoms with Gasteiger partial charge in [-0.1, -0.05) is 12.1 Å². The first-order chi connectivity index (χ1) is 9.54. The van der Waals surface area contributed by atoms with E-state index in [1.54, 1.807) is 25.2 Å². The number of carboxylic acids is 1. The van der Waals surface area contributed by atoms with E-state index in [-0.39, 0.29) is 18.4 Å². The van der Waals surface area contributed by atoms with Gasteiger partial charge in [0, 0.05) is 18.2 Å². The molecule has 2 unspecified atom stereocenters. The fourth-order valence-corrected chi connectivity index (χ4v) is 2.44. The van der Waals surface area contributed by atoms with Crippen molar-refractivity contribution in [3.8, 4) is 5.75 Å². The molecular formula is C14H18FNO4. The minimum absolute atomic E-state index is 0.188. The van der Waals surface area contributed by atoms with Crippen LogP contribution in [0.15, 0.2) is 18.2 Å². The number of benzene rings is 1. The number of carbonyl (C=O) groups is 1. The number of ether oxygens (including phenoxy) is 2. The number of carboxylic acid groups (broad SMARTS) is 1. The van der Waals surface area contributed by atoms with Gasteiger partial charge in [-0.2, -0.15) is 0 Å².